The molecule has 0 aliphatic carbocycles. The van der Waals surface area contributed by atoms with Gasteiger partial charge in [0.25, 0.3) is 0 Å². The van der Waals surface area contributed by atoms with Crippen molar-refractivity contribution in [1.82, 2.24) is 0 Å². The number of aliphatic imine (C=N–C) groups is 1. The zero-order valence-electron chi connectivity index (χ0n) is 4.19. The first-order valence-corrected chi connectivity index (χ1v) is 2.93. The number of amidine groups is 1. The van der Waals surface area contributed by atoms with E-state index in [-0.39, 0.29) is 5.84 Å². The molecule has 3 nitrogen and oxygen atoms in total. The Morgan fingerprint density at radius 2 is 2.38 bits per heavy atom. The molecule has 44 valence electrons. The molecular formula is C4H6IN3. The monoisotopic (exact) mass is 223 g/mol. The molecule has 0 unspecified atom stereocenters. The third kappa shape index (κ3) is 2.06. The first-order valence-electron chi connectivity index (χ1n) is 1.85. The van der Waals surface area contributed by atoms with Gasteiger partial charge in [0.1, 0.15) is 0 Å². The second-order valence-electron chi connectivity index (χ2n) is 1.02. The van der Waals surface area contributed by atoms with Crippen LogP contribution in [-0.2, 0) is 0 Å². The second kappa shape index (κ2) is 3.59. The summed E-state index contributed by atoms with van der Waals surface area (Å²) in [7, 11) is 0. The Morgan fingerprint density at radius 1 is 1.88 bits per heavy atom. The number of hydrogen-bond donors (Lipinski definition) is 2. The highest BCUT2D eigenvalue weighted by molar-refractivity contribution is 14.1. The number of hydrogen-bond acceptors (Lipinski definition) is 2. The molecule has 0 saturated carbocycles. The molecule has 0 aromatic carbocycles. The smallest absolute Gasteiger partial charge is 0.158 e. The van der Waals surface area contributed by atoms with E-state index in [9.17, 15) is 0 Å². The van der Waals surface area contributed by atoms with E-state index in [1.807, 2.05) is 22.6 Å². The van der Waals surface area contributed by atoms with Gasteiger partial charge in [-0.1, -0.05) is 0 Å². The van der Waals surface area contributed by atoms with Gasteiger partial charge in [-0.3, -0.25) is 5.41 Å². The number of nitrogens with one attached hydrogen (secondary N) is 1. The molecule has 0 heterocycles. The summed E-state index contributed by atoms with van der Waals surface area (Å²) in [6, 6.07) is 0. The third-order valence-corrected chi connectivity index (χ3v) is 1.40. The lowest BCUT2D eigenvalue weighted by molar-refractivity contribution is 1.45. The van der Waals surface area contributed by atoms with Crippen molar-refractivity contribution in [2.45, 2.75) is 0 Å². The van der Waals surface area contributed by atoms with Crippen molar-refractivity contribution in [3.8, 4) is 0 Å². The quantitative estimate of drug-likeness (QED) is 0.387. The van der Waals surface area contributed by atoms with Crippen LogP contribution < -0.4 is 5.73 Å². The van der Waals surface area contributed by atoms with Crippen LogP contribution in [0.1, 0.15) is 0 Å². The van der Waals surface area contributed by atoms with Crippen molar-refractivity contribution in [3.63, 3.8) is 0 Å². The fourth-order valence-corrected chi connectivity index (χ4v) is 0.325. The summed E-state index contributed by atoms with van der Waals surface area (Å²) in [5, 5.41) is 6.96. The highest BCUT2D eigenvalue weighted by Gasteiger charge is 1.92. The van der Waals surface area contributed by atoms with Gasteiger partial charge in [-0.2, -0.15) is 0 Å². The summed E-state index contributed by atoms with van der Waals surface area (Å²) in [5.41, 5.74) is 5.05. The van der Waals surface area contributed by atoms with Gasteiger partial charge in [0.2, 0.25) is 0 Å². The first-order chi connectivity index (χ1) is 3.72. The Bertz CT molecular complexity index is 138. The number of rotatable bonds is 1. The van der Waals surface area contributed by atoms with Gasteiger partial charge in [0, 0.05) is 6.20 Å². The van der Waals surface area contributed by atoms with Crippen molar-refractivity contribution >= 4 is 35.1 Å². The molecule has 0 aromatic rings. The summed E-state index contributed by atoms with van der Waals surface area (Å²) in [5.74, 6) is 0.119. The zero-order chi connectivity index (χ0) is 6.57. The van der Waals surface area contributed by atoms with E-state index in [2.05, 4.69) is 11.7 Å². The lowest BCUT2D eigenvalue weighted by Gasteiger charge is -1.88. The Kier molecular flexibility index (Phi) is 3.42. The van der Waals surface area contributed by atoms with Gasteiger partial charge in [-0.05, 0) is 29.3 Å². The van der Waals surface area contributed by atoms with Crippen molar-refractivity contribution in [2.75, 3.05) is 0 Å². The highest BCUT2D eigenvalue weighted by Crippen LogP contribution is 2.04. The Hall–Kier alpha value is -0.390. The molecule has 0 fully saturated rings. The van der Waals surface area contributed by atoms with Gasteiger partial charge < -0.3 is 5.73 Å². The summed E-state index contributed by atoms with van der Waals surface area (Å²) in [6.07, 6.45) is 1.32. The minimum absolute atomic E-state index is 0.119. The van der Waals surface area contributed by atoms with E-state index in [4.69, 9.17) is 11.1 Å². The van der Waals surface area contributed by atoms with Crippen LogP contribution in [0.3, 0.4) is 0 Å². The van der Waals surface area contributed by atoms with Gasteiger partial charge >= 0.3 is 0 Å². The average Bonchev–Trinajstić information content (AvgIpc) is 1.84. The van der Waals surface area contributed by atoms with E-state index in [0.717, 1.165) is 0 Å². The molecule has 0 atom stereocenters. The van der Waals surface area contributed by atoms with Gasteiger partial charge in [-0.15, -0.1) is 0 Å². The van der Waals surface area contributed by atoms with E-state index < -0.39 is 0 Å². The standard InChI is InChI=1S/C4H6IN3/c1-8-4(7)3(5)2-6/h2,7H,1,6H2. The van der Waals surface area contributed by atoms with Gasteiger partial charge in [-0.25, -0.2) is 4.99 Å². The molecule has 0 saturated heterocycles. The number of nitrogens with zero attached hydrogens (tertiary/aromatic N) is 1. The van der Waals surface area contributed by atoms with Crippen LogP contribution in [0.25, 0.3) is 0 Å². The normalized spacial score (nSPS) is 10.9. The van der Waals surface area contributed by atoms with Crippen LogP contribution in [0.4, 0.5) is 0 Å². The van der Waals surface area contributed by atoms with Crippen molar-refractivity contribution in [1.29, 1.82) is 5.41 Å². The molecule has 8 heavy (non-hydrogen) atoms. The lowest BCUT2D eigenvalue weighted by Crippen LogP contribution is -1.92. The minimum Gasteiger partial charge on any atom is -0.404 e. The topological polar surface area (TPSA) is 62.2 Å². The van der Waals surface area contributed by atoms with Crippen molar-refractivity contribution in [2.24, 2.45) is 10.7 Å². The summed E-state index contributed by atoms with van der Waals surface area (Å²) in [4.78, 5) is 3.34. The Morgan fingerprint density at radius 3 is 2.50 bits per heavy atom. The van der Waals surface area contributed by atoms with E-state index in [0.29, 0.717) is 3.58 Å². The van der Waals surface area contributed by atoms with E-state index in [1.165, 1.54) is 6.20 Å². The average molecular weight is 223 g/mol. The Labute approximate surface area is 61.3 Å². The molecule has 0 amide bonds. The van der Waals surface area contributed by atoms with E-state index in [1.54, 1.807) is 0 Å². The number of nitrogens with two attached hydrogens (primary N) is 1. The third-order valence-electron chi connectivity index (χ3n) is 0.531. The maximum atomic E-state index is 6.96. The zero-order valence-corrected chi connectivity index (χ0v) is 6.34. The molecule has 0 aromatic heterocycles. The molecule has 0 spiro atoms. The molecule has 3 N–H and O–H groups in total. The van der Waals surface area contributed by atoms with Crippen molar-refractivity contribution < 1.29 is 0 Å². The second-order valence-corrected chi connectivity index (χ2v) is 2.18. The fourth-order valence-electron chi connectivity index (χ4n) is 0.154. The minimum atomic E-state index is 0.119. The summed E-state index contributed by atoms with van der Waals surface area (Å²) >= 11 is 1.91. The number of halogens is 1. The molecule has 0 aliphatic heterocycles. The first kappa shape index (κ1) is 7.61. The van der Waals surface area contributed by atoms with Crippen LogP contribution in [0.5, 0.6) is 0 Å². The van der Waals surface area contributed by atoms with Crippen molar-refractivity contribution in [3.05, 3.63) is 9.78 Å². The molecule has 0 aliphatic rings. The SMILES string of the molecule is C=NC(=N)C(I)=CN. The van der Waals surface area contributed by atoms with Crippen LogP contribution >= 0.6 is 22.6 Å². The maximum Gasteiger partial charge on any atom is 0.158 e. The van der Waals surface area contributed by atoms with Gasteiger partial charge in [0.05, 0.1) is 3.58 Å². The van der Waals surface area contributed by atoms with Crippen LogP contribution in [-0.4, -0.2) is 12.6 Å². The van der Waals surface area contributed by atoms with Crippen LogP contribution in [0, 0.1) is 5.41 Å². The maximum absolute atomic E-state index is 6.96. The van der Waals surface area contributed by atoms with Gasteiger partial charge in [0.15, 0.2) is 5.84 Å². The summed E-state index contributed by atoms with van der Waals surface area (Å²) in [6.45, 7) is 3.15. The predicted octanol–water partition coefficient (Wildman–Crippen LogP) is 0.899. The highest BCUT2D eigenvalue weighted by atomic mass is 127. The lowest BCUT2D eigenvalue weighted by atomic mass is 10.6. The van der Waals surface area contributed by atoms with Crippen LogP contribution in [0.15, 0.2) is 14.8 Å². The molecule has 0 radical (unpaired) electrons. The molecule has 0 bridgehead atoms. The predicted molar refractivity (Wildman–Crippen MR) is 43.6 cm³/mol. The molecular weight excluding hydrogens is 217 g/mol. The molecule has 0 rings (SSSR count). The largest absolute Gasteiger partial charge is 0.404 e. The van der Waals surface area contributed by atoms with E-state index >= 15 is 0 Å². The van der Waals surface area contributed by atoms with Crippen LogP contribution in [0.2, 0.25) is 0 Å². The molecule has 4 heteroatoms. The Balaban J connectivity index is 4.03. The summed E-state index contributed by atoms with van der Waals surface area (Å²) < 4.78 is 0.609. The fraction of sp³-hybridized carbons (Fsp3) is 0.